The molecule has 0 heterocycles. The smallest absolute Gasteiger partial charge is 0.338 e. The van der Waals surface area contributed by atoms with Crippen molar-refractivity contribution in [3.63, 3.8) is 0 Å². The zero-order valence-electron chi connectivity index (χ0n) is 6.87. The molecule has 0 rings (SSSR count). The molecular weight excluding hydrogens is 160 g/mol. The molecule has 5 nitrogen and oxygen atoms in total. The number of carbonyl (C=O) groups excluding carboxylic acids is 2. The van der Waals surface area contributed by atoms with Gasteiger partial charge in [-0.1, -0.05) is 0 Å². The van der Waals surface area contributed by atoms with E-state index in [9.17, 15) is 9.59 Å². The molecule has 0 radical (unpaired) electrons. The molecule has 12 heavy (non-hydrogen) atoms. The molecular formula is C7H10N2O3. The van der Waals surface area contributed by atoms with Gasteiger partial charge in [0.15, 0.2) is 5.78 Å². The minimum absolute atomic E-state index is 0.0196. The summed E-state index contributed by atoms with van der Waals surface area (Å²) in [5.74, 6) is -0.562. The van der Waals surface area contributed by atoms with Gasteiger partial charge in [0.25, 0.3) is 0 Å². The van der Waals surface area contributed by atoms with Crippen molar-refractivity contribution < 1.29 is 14.7 Å². The van der Waals surface area contributed by atoms with E-state index < -0.39 is 6.03 Å². The van der Waals surface area contributed by atoms with Crippen LogP contribution in [0, 0.1) is 0 Å². The fourth-order valence-electron chi connectivity index (χ4n) is 0.567. The van der Waals surface area contributed by atoms with Crippen LogP contribution in [0.4, 0.5) is 4.79 Å². The molecule has 5 heteroatoms. The van der Waals surface area contributed by atoms with E-state index >= 15 is 0 Å². The summed E-state index contributed by atoms with van der Waals surface area (Å²) in [6.07, 6.45) is 0.944. The Bertz CT molecular complexity index is 262. The summed E-state index contributed by atoms with van der Waals surface area (Å²) in [4.78, 5) is 24.0. The van der Waals surface area contributed by atoms with Gasteiger partial charge in [0.05, 0.1) is 5.57 Å². The van der Waals surface area contributed by atoms with Crippen molar-refractivity contribution in [1.29, 1.82) is 0 Å². The largest absolute Gasteiger partial charge is 0.512 e. The van der Waals surface area contributed by atoms with Gasteiger partial charge in [-0.3, -0.25) is 4.79 Å². The van der Waals surface area contributed by atoms with E-state index in [0.717, 1.165) is 6.21 Å². The minimum atomic E-state index is -0.907. The van der Waals surface area contributed by atoms with Crippen molar-refractivity contribution >= 4 is 18.0 Å². The molecule has 0 spiro atoms. The summed E-state index contributed by atoms with van der Waals surface area (Å²) in [6, 6.07) is -0.907. The number of amides is 2. The third-order valence-corrected chi connectivity index (χ3v) is 1.09. The SMILES string of the molecule is CC(=O)C(/C=N/C(N)=O)=C(\C)O. The molecule has 0 aliphatic carbocycles. The number of urea groups is 1. The van der Waals surface area contributed by atoms with Gasteiger partial charge in [-0.2, -0.15) is 0 Å². The van der Waals surface area contributed by atoms with Gasteiger partial charge >= 0.3 is 6.03 Å². The number of primary amides is 1. The van der Waals surface area contributed by atoms with E-state index in [4.69, 9.17) is 5.11 Å². The van der Waals surface area contributed by atoms with Crippen molar-refractivity contribution in [2.75, 3.05) is 0 Å². The summed E-state index contributed by atoms with van der Waals surface area (Å²) < 4.78 is 0. The van der Waals surface area contributed by atoms with E-state index in [2.05, 4.69) is 10.7 Å². The van der Waals surface area contributed by atoms with Gasteiger partial charge in [0, 0.05) is 6.21 Å². The summed E-state index contributed by atoms with van der Waals surface area (Å²) in [5.41, 5.74) is 4.67. The van der Waals surface area contributed by atoms with E-state index in [1.807, 2.05) is 0 Å². The first kappa shape index (κ1) is 10.3. The number of rotatable bonds is 2. The van der Waals surface area contributed by atoms with E-state index in [1.165, 1.54) is 13.8 Å². The van der Waals surface area contributed by atoms with Gasteiger partial charge < -0.3 is 10.8 Å². The predicted molar refractivity (Wildman–Crippen MR) is 44.1 cm³/mol. The highest BCUT2D eigenvalue weighted by molar-refractivity contribution is 6.14. The number of aliphatic hydroxyl groups excluding tert-OH is 1. The van der Waals surface area contributed by atoms with Crippen LogP contribution in [0.25, 0.3) is 0 Å². The second-order valence-electron chi connectivity index (χ2n) is 2.15. The maximum atomic E-state index is 10.7. The molecule has 0 aliphatic rings. The quantitative estimate of drug-likeness (QED) is 0.360. The number of Topliss-reactive ketones (excluding diaryl/α,β-unsaturated/α-hetero) is 1. The summed E-state index contributed by atoms with van der Waals surface area (Å²) in [7, 11) is 0. The predicted octanol–water partition coefficient (Wildman–Crippen LogP) is 0.557. The molecule has 0 aromatic heterocycles. The molecule has 0 aromatic rings. The summed E-state index contributed by atoms with van der Waals surface area (Å²) in [6.45, 7) is 2.58. The average Bonchev–Trinajstić information content (AvgIpc) is 1.84. The molecule has 0 saturated carbocycles. The number of nitrogens with two attached hydrogens (primary N) is 1. The third kappa shape index (κ3) is 3.50. The first-order chi connectivity index (χ1) is 5.45. The van der Waals surface area contributed by atoms with Crippen LogP contribution >= 0.6 is 0 Å². The number of carbonyl (C=O) groups is 2. The Morgan fingerprint density at radius 1 is 1.42 bits per heavy atom. The molecule has 2 amide bonds. The van der Waals surface area contributed by atoms with Crippen LogP contribution in [0.5, 0.6) is 0 Å². The number of hydrogen-bond donors (Lipinski definition) is 2. The molecule has 3 N–H and O–H groups in total. The zero-order chi connectivity index (χ0) is 9.72. The van der Waals surface area contributed by atoms with Crippen LogP contribution in [-0.2, 0) is 4.79 Å². The fourth-order valence-corrected chi connectivity index (χ4v) is 0.567. The molecule has 0 atom stereocenters. The van der Waals surface area contributed by atoms with Crippen molar-refractivity contribution in [2.45, 2.75) is 13.8 Å². The molecule has 0 fully saturated rings. The minimum Gasteiger partial charge on any atom is -0.512 e. The number of hydrogen-bond acceptors (Lipinski definition) is 3. The first-order valence-electron chi connectivity index (χ1n) is 3.19. The maximum absolute atomic E-state index is 10.7. The van der Waals surface area contributed by atoms with Crippen LogP contribution < -0.4 is 5.73 Å². The van der Waals surface area contributed by atoms with Gasteiger partial charge in [-0.25, -0.2) is 9.79 Å². The van der Waals surface area contributed by atoms with Crippen LogP contribution in [0.3, 0.4) is 0 Å². The third-order valence-electron chi connectivity index (χ3n) is 1.09. The topological polar surface area (TPSA) is 92.8 Å². The maximum Gasteiger partial charge on any atom is 0.338 e. The highest BCUT2D eigenvalue weighted by atomic mass is 16.3. The molecule has 0 saturated heterocycles. The van der Waals surface area contributed by atoms with Crippen LogP contribution in [0.15, 0.2) is 16.3 Å². The second-order valence-corrected chi connectivity index (χ2v) is 2.15. The van der Waals surface area contributed by atoms with Gasteiger partial charge in [0.2, 0.25) is 0 Å². The summed E-state index contributed by atoms with van der Waals surface area (Å²) in [5, 5.41) is 8.91. The van der Waals surface area contributed by atoms with Gasteiger partial charge in [-0.15, -0.1) is 0 Å². The average molecular weight is 170 g/mol. The first-order valence-corrected chi connectivity index (χ1v) is 3.19. The van der Waals surface area contributed by atoms with Crippen LogP contribution in [0.2, 0.25) is 0 Å². The number of aliphatic imine (C=N–C) groups is 1. The molecule has 0 bridgehead atoms. The van der Waals surface area contributed by atoms with E-state index in [0.29, 0.717) is 0 Å². The zero-order valence-corrected chi connectivity index (χ0v) is 6.87. The van der Waals surface area contributed by atoms with Crippen molar-refractivity contribution in [3.8, 4) is 0 Å². The Morgan fingerprint density at radius 3 is 2.17 bits per heavy atom. The summed E-state index contributed by atoms with van der Waals surface area (Å²) >= 11 is 0. The second kappa shape index (κ2) is 4.27. The highest BCUT2D eigenvalue weighted by Gasteiger charge is 2.04. The van der Waals surface area contributed by atoms with Crippen molar-refractivity contribution in [3.05, 3.63) is 11.3 Å². The lowest BCUT2D eigenvalue weighted by molar-refractivity contribution is -0.113. The lowest BCUT2D eigenvalue weighted by Crippen LogP contribution is -2.07. The highest BCUT2D eigenvalue weighted by Crippen LogP contribution is 1.98. The van der Waals surface area contributed by atoms with Crippen LogP contribution in [0.1, 0.15) is 13.8 Å². The van der Waals surface area contributed by atoms with Crippen molar-refractivity contribution in [2.24, 2.45) is 10.7 Å². The Hall–Kier alpha value is -1.65. The number of nitrogens with zero attached hydrogens (tertiary/aromatic N) is 1. The molecule has 66 valence electrons. The molecule has 0 aliphatic heterocycles. The van der Waals surface area contributed by atoms with E-state index in [1.54, 1.807) is 0 Å². The van der Waals surface area contributed by atoms with E-state index in [-0.39, 0.29) is 17.1 Å². The lowest BCUT2D eigenvalue weighted by Gasteiger charge is -1.95. The Labute approximate surface area is 69.6 Å². The monoisotopic (exact) mass is 170 g/mol. The Morgan fingerprint density at radius 2 is 1.92 bits per heavy atom. The van der Waals surface area contributed by atoms with Crippen molar-refractivity contribution in [1.82, 2.24) is 0 Å². The number of ketones is 1. The number of allylic oxidation sites excluding steroid dienone is 2. The number of aliphatic hydroxyl groups is 1. The molecule has 0 aromatic carbocycles. The van der Waals surface area contributed by atoms with Gasteiger partial charge in [-0.05, 0) is 13.8 Å². The normalized spacial score (nSPS) is 12.8. The Kier molecular flexibility index (Phi) is 3.69. The van der Waals surface area contributed by atoms with Gasteiger partial charge in [0.1, 0.15) is 5.76 Å². The molecule has 0 unspecified atom stereocenters. The standard InChI is InChI=1S/C7H10N2O3/c1-4(10)6(5(2)11)3-9-7(8)12/h3,10H,1-2H3,(H2,8,12)/b6-4+,9-3+. The lowest BCUT2D eigenvalue weighted by atomic mass is 10.2. The Balaban J connectivity index is 4.70. The fraction of sp³-hybridized carbons (Fsp3) is 0.286. The van der Waals surface area contributed by atoms with Crippen LogP contribution in [-0.4, -0.2) is 23.1 Å².